The molecule has 0 spiro atoms. The van der Waals surface area contributed by atoms with E-state index in [4.69, 9.17) is 0 Å². The number of nitro benzene ring substituents is 1. The second-order valence-electron chi connectivity index (χ2n) is 6.92. The first-order chi connectivity index (χ1) is 13.2. The highest BCUT2D eigenvalue weighted by molar-refractivity contribution is 7.90. The Bertz CT molecular complexity index is 964. The molecule has 7 nitrogen and oxygen atoms in total. The van der Waals surface area contributed by atoms with Crippen molar-refractivity contribution in [3.05, 3.63) is 64.0 Å². The number of sulfone groups is 1. The number of nitro groups is 1. The largest absolute Gasteiger partial charge is 0.365 e. The molecule has 9 heteroatoms. The van der Waals surface area contributed by atoms with Crippen LogP contribution in [0, 0.1) is 15.9 Å². The van der Waals surface area contributed by atoms with Gasteiger partial charge in [-0.25, -0.2) is 12.8 Å². The van der Waals surface area contributed by atoms with E-state index in [1.807, 2.05) is 4.90 Å². The Hall–Kier alpha value is -2.52. The number of halogens is 1. The summed E-state index contributed by atoms with van der Waals surface area (Å²) >= 11 is 0. The summed E-state index contributed by atoms with van der Waals surface area (Å²) in [6.45, 7) is 3.42. The third-order valence-electron chi connectivity index (χ3n) is 4.82. The maximum Gasteiger partial charge on any atom is 0.293 e. The van der Waals surface area contributed by atoms with Gasteiger partial charge in [0.15, 0.2) is 9.84 Å². The fourth-order valence-electron chi connectivity index (χ4n) is 3.37. The van der Waals surface area contributed by atoms with Crippen LogP contribution in [-0.2, 0) is 16.4 Å². The average Bonchev–Trinajstić information content (AvgIpc) is 2.88. The summed E-state index contributed by atoms with van der Waals surface area (Å²) in [6, 6.07) is 10.5. The van der Waals surface area contributed by atoms with Gasteiger partial charge in [-0.05, 0) is 36.2 Å². The lowest BCUT2D eigenvalue weighted by molar-refractivity contribution is -0.384. The minimum Gasteiger partial charge on any atom is -0.365 e. The highest BCUT2D eigenvalue weighted by Gasteiger charge is 2.24. The van der Waals surface area contributed by atoms with Gasteiger partial charge in [0.2, 0.25) is 0 Å². The normalized spacial score (nSPS) is 16.0. The number of benzene rings is 2. The Morgan fingerprint density at radius 1 is 1.07 bits per heavy atom. The second-order valence-corrected chi connectivity index (χ2v) is 8.94. The molecular weight excluding hydrogens is 385 g/mol. The van der Waals surface area contributed by atoms with Crippen molar-refractivity contribution in [1.82, 2.24) is 4.90 Å². The Morgan fingerprint density at radius 3 is 2.43 bits per heavy atom. The van der Waals surface area contributed by atoms with Gasteiger partial charge >= 0.3 is 0 Å². The first-order valence-electron chi connectivity index (χ1n) is 8.94. The molecule has 0 bridgehead atoms. The third kappa shape index (κ3) is 4.85. The van der Waals surface area contributed by atoms with Gasteiger partial charge < -0.3 is 4.90 Å². The van der Waals surface area contributed by atoms with Crippen molar-refractivity contribution in [2.45, 2.75) is 17.9 Å². The molecule has 0 atom stereocenters. The smallest absolute Gasteiger partial charge is 0.293 e. The van der Waals surface area contributed by atoms with Crippen molar-refractivity contribution in [3.8, 4) is 0 Å². The zero-order chi connectivity index (χ0) is 20.3. The summed E-state index contributed by atoms with van der Waals surface area (Å²) in [6.07, 6.45) is 1.84. The van der Waals surface area contributed by atoms with E-state index in [0.717, 1.165) is 30.9 Å². The van der Waals surface area contributed by atoms with Crippen LogP contribution in [0.15, 0.2) is 47.4 Å². The zero-order valence-electron chi connectivity index (χ0n) is 15.5. The lowest BCUT2D eigenvalue weighted by Gasteiger charge is -2.23. The standard InChI is InChI=1S/C19H22FN3O4S/c1-28(26,27)17-7-8-18(19(13-17)23(24)25)22-10-2-9-21(11-12-22)14-15-3-5-16(20)6-4-15/h3-8,13H,2,9-12,14H2,1H3. The number of hydrogen-bond donors (Lipinski definition) is 0. The van der Waals surface area contributed by atoms with Crippen LogP contribution < -0.4 is 4.90 Å². The lowest BCUT2D eigenvalue weighted by atomic mass is 10.2. The summed E-state index contributed by atoms with van der Waals surface area (Å²) in [5, 5.41) is 11.5. The number of nitrogens with zero attached hydrogens (tertiary/aromatic N) is 3. The molecule has 2 aromatic rings. The van der Waals surface area contributed by atoms with Crippen LogP contribution in [-0.4, -0.2) is 50.7 Å². The Morgan fingerprint density at radius 2 is 1.79 bits per heavy atom. The van der Waals surface area contributed by atoms with Crippen LogP contribution in [0.3, 0.4) is 0 Å². The first-order valence-corrected chi connectivity index (χ1v) is 10.8. The molecule has 1 saturated heterocycles. The molecule has 0 aromatic heterocycles. The van der Waals surface area contributed by atoms with Crippen molar-refractivity contribution in [2.24, 2.45) is 0 Å². The van der Waals surface area contributed by atoms with E-state index in [2.05, 4.69) is 4.90 Å². The molecule has 28 heavy (non-hydrogen) atoms. The molecule has 1 heterocycles. The quantitative estimate of drug-likeness (QED) is 0.560. The van der Waals surface area contributed by atoms with E-state index in [1.165, 1.54) is 24.3 Å². The molecule has 150 valence electrons. The van der Waals surface area contributed by atoms with E-state index >= 15 is 0 Å². The summed E-state index contributed by atoms with van der Waals surface area (Å²) in [4.78, 5) is 15.1. The van der Waals surface area contributed by atoms with E-state index in [-0.39, 0.29) is 16.4 Å². The van der Waals surface area contributed by atoms with Gasteiger partial charge in [0.1, 0.15) is 11.5 Å². The first kappa shape index (κ1) is 20.2. The molecule has 0 radical (unpaired) electrons. The average molecular weight is 407 g/mol. The van der Waals surface area contributed by atoms with Crippen molar-refractivity contribution < 1.29 is 17.7 Å². The molecule has 0 saturated carbocycles. The molecule has 1 aliphatic heterocycles. The second kappa shape index (κ2) is 8.24. The number of rotatable bonds is 5. The van der Waals surface area contributed by atoms with Gasteiger partial charge in [-0.3, -0.25) is 15.0 Å². The molecule has 0 amide bonds. The van der Waals surface area contributed by atoms with Crippen LogP contribution in [0.4, 0.5) is 15.8 Å². The van der Waals surface area contributed by atoms with Gasteiger partial charge in [0.25, 0.3) is 5.69 Å². The SMILES string of the molecule is CS(=O)(=O)c1ccc(N2CCCN(Cc3ccc(F)cc3)CC2)c([N+](=O)[O-])c1. The molecule has 0 unspecified atom stereocenters. The third-order valence-corrected chi connectivity index (χ3v) is 5.93. The summed E-state index contributed by atoms with van der Waals surface area (Å²) in [7, 11) is -3.52. The topological polar surface area (TPSA) is 83.8 Å². The van der Waals surface area contributed by atoms with Crippen molar-refractivity contribution in [3.63, 3.8) is 0 Å². The van der Waals surface area contributed by atoms with Gasteiger partial charge in [0.05, 0.1) is 9.82 Å². The Labute approximate surface area is 163 Å². The predicted octanol–water partition coefficient (Wildman–Crippen LogP) is 2.85. The zero-order valence-corrected chi connectivity index (χ0v) is 16.4. The van der Waals surface area contributed by atoms with Crippen molar-refractivity contribution in [2.75, 3.05) is 37.3 Å². The summed E-state index contributed by atoms with van der Waals surface area (Å²) < 4.78 is 36.5. The minimum absolute atomic E-state index is 0.0595. The van der Waals surface area contributed by atoms with Gasteiger partial charge in [0, 0.05) is 45.0 Å². The monoisotopic (exact) mass is 407 g/mol. The molecule has 2 aromatic carbocycles. The van der Waals surface area contributed by atoms with E-state index in [1.54, 1.807) is 12.1 Å². The van der Waals surface area contributed by atoms with Crippen molar-refractivity contribution >= 4 is 21.2 Å². The molecule has 0 aliphatic carbocycles. The molecular formula is C19H22FN3O4S. The molecule has 1 fully saturated rings. The lowest BCUT2D eigenvalue weighted by Crippen LogP contribution is -2.30. The maximum absolute atomic E-state index is 13.1. The maximum atomic E-state index is 13.1. The Kier molecular flexibility index (Phi) is 5.95. The highest BCUT2D eigenvalue weighted by atomic mass is 32.2. The summed E-state index contributed by atoms with van der Waals surface area (Å²) in [5.74, 6) is -0.268. The van der Waals surface area contributed by atoms with Crippen LogP contribution in [0.5, 0.6) is 0 Å². The number of hydrogen-bond acceptors (Lipinski definition) is 6. The van der Waals surface area contributed by atoms with Crippen LogP contribution in [0.25, 0.3) is 0 Å². The van der Waals surface area contributed by atoms with E-state index < -0.39 is 14.8 Å². The Balaban J connectivity index is 1.76. The predicted molar refractivity (Wildman–Crippen MR) is 105 cm³/mol. The summed E-state index contributed by atoms with van der Waals surface area (Å²) in [5.41, 5.74) is 1.24. The molecule has 1 aliphatic rings. The van der Waals surface area contributed by atoms with Crippen LogP contribution in [0.2, 0.25) is 0 Å². The van der Waals surface area contributed by atoms with Gasteiger partial charge in [-0.1, -0.05) is 12.1 Å². The fourth-order valence-corrected chi connectivity index (χ4v) is 4.01. The van der Waals surface area contributed by atoms with Crippen LogP contribution in [0.1, 0.15) is 12.0 Å². The minimum atomic E-state index is -3.52. The number of anilines is 1. The fraction of sp³-hybridized carbons (Fsp3) is 0.368. The van der Waals surface area contributed by atoms with Crippen molar-refractivity contribution in [1.29, 1.82) is 0 Å². The molecule has 3 rings (SSSR count). The molecule has 0 N–H and O–H groups in total. The van der Waals surface area contributed by atoms with E-state index in [9.17, 15) is 22.9 Å². The van der Waals surface area contributed by atoms with E-state index in [0.29, 0.717) is 31.9 Å². The van der Waals surface area contributed by atoms with Crippen LogP contribution >= 0.6 is 0 Å². The van der Waals surface area contributed by atoms with Gasteiger partial charge in [-0.2, -0.15) is 0 Å². The van der Waals surface area contributed by atoms with Gasteiger partial charge in [-0.15, -0.1) is 0 Å². The highest BCUT2D eigenvalue weighted by Crippen LogP contribution is 2.31.